The van der Waals surface area contributed by atoms with Crippen molar-refractivity contribution in [2.24, 2.45) is 0 Å². The van der Waals surface area contributed by atoms with Gasteiger partial charge in [0.05, 0.1) is 6.04 Å². The van der Waals surface area contributed by atoms with Crippen LogP contribution in [-0.4, -0.2) is 0 Å². The summed E-state index contributed by atoms with van der Waals surface area (Å²) in [5.74, 6) is -0.162. The molecular weight excluding hydrogens is 305 g/mol. The molecule has 0 saturated heterocycles. The van der Waals surface area contributed by atoms with E-state index in [9.17, 15) is 4.39 Å². The van der Waals surface area contributed by atoms with Gasteiger partial charge in [0.15, 0.2) is 0 Å². The Morgan fingerprint density at radius 1 is 1.21 bits per heavy atom. The van der Waals surface area contributed by atoms with Crippen molar-refractivity contribution < 1.29 is 4.39 Å². The predicted molar refractivity (Wildman–Crippen MR) is 81.9 cm³/mol. The lowest BCUT2D eigenvalue weighted by Crippen LogP contribution is -2.11. The quantitative estimate of drug-likeness (QED) is 0.788. The Morgan fingerprint density at radius 2 is 1.95 bits per heavy atom. The summed E-state index contributed by atoms with van der Waals surface area (Å²) < 4.78 is 14.8. The lowest BCUT2D eigenvalue weighted by atomic mass is 10.0. The van der Waals surface area contributed by atoms with Crippen LogP contribution in [0.4, 0.5) is 10.1 Å². The third kappa shape index (κ3) is 3.35. The summed E-state index contributed by atoms with van der Waals surface area (Å²) >= 11 is 3.54. The first-order valence-corrected chi connectivity index (χ1v) is 7.18. The molecule has 1 unspecified atom stereocenters. The van der Waals surface area contributed by atoms with Crippen molar-refractivity contribution in [1.29, 1.82) is 0 Å². The van der Waals surface area contributed by atoms with E-state index in [2.05, 4.69) is 27.3 Å². The lowest BCUT2D eigenvalue weighted by molar-refractivity contribution is 0.587. The Hall–Kier alpha value is -1.35. The van der Waals surface area contributed by atoms with E-state index in [0.717, 1.165) is 16.6 Å². The molecule has 1 nitrogen and oxygen atoms in total. The van der Waals surface area contributed by atoms with E-state index in [1.807, 2.05) is 38.1 Å². The van der Waals surface area contributed by atoms with Crippen LogP contribution in [0.25, 0.3) is 0 Å². The van der Waals surface area contributed by atoms with E-state index < -0.39 is 0 Å². The summed E-state index contributed by atoms with van der Waals surface area (Å²) in [6.45, 7) is 4.09. The van der Waals surface area contributed by atoms with Crippen LogP contribution in [-0.2, 0) is 0 Å². The fraction of sp³-hybridized carbons (Fsp3) is 0.250. The maximum atomic E-state index is 13.8. The average Bonchev–Trinajstić information content (AvgIpc) is 2.39. The minimum Gasteiger partial charge on any atom is -0.377 e. The van der Waals surface area contributed by atoms with Crippen molar-refractivity contribution in [2.45, 2.75) is 26.3 Å². The average molecular weight is 322 g/mol. The standard InChI is InChI=1S/C16H17BrFN/c1-3-15(12-6-4-5-7-14(12)18)19-16-9-8-11(2)10-13(16)17/h4-10,15,19H,3H2,1-2H3. The highest BCUT2D eigenvalue weighted by Gasteiger charge is 2.14. The smallest absolute Gasteiger partial charge is 0.128 e. The van der Waals surface area contributed by atoms with E-state index in [1.54, 1.807) is 6.07 Å². The molecule has 2 rings (SSSR count). The van der Waals surface area contributed by atoms with Crippen molar-refractivity contribution in [1.82, 2.24) is 0 Å². The molecule has 0 heterocycles. The monoisotopic (exact) mass is 321 g/mol. The molecule has 0 aliphatic carbocycles. The molecule has 1 atom stereocenters. The molecule has 2 aromatic rings. The molecule has 100 valence electrons. The number of hydrogen-bond donors (Lipinski definition) is 1. The van der Waals surface area contributed by atoms with Crippen molar-refractivity contribution in [2.75, 3.05) is 5.32 Å². The van der Waals surface area contributed by atoms with Crippen LogP contribution in [0.2, 0.25) is 0 Å². The van der Waals surface area contributed by atoms with Crippen LogP contribution in [0.5, 0.6) is 0 Å². The second-order valence-corrected chi connectivity index (χ2v) is 5.46. The molecule has 0 aliphatic heterocycles. The van der Waals surface area contributed by atoms with Crippen molar-refractivity contribution in [3.05, 3.63) is 63.9 Å². The molecule has 0 fully saturated rings. The predicted octanol–water partition coefficient (Wildman–Crippen LogP) is 5.46. The molecule has 2 aromatic carbocycles. The Kier molecular flexibility index (Phi) is 4.59. The summed E-state index contributed by atoms with van der Waals surface area (Å²) in [6, 6.07) is 13.0. The number of aryl methyl sites for hydroxylation is 1. The zero-order valence-electron chi connectivity index (χ0n) is 11.1. The fourth-order valence-corrected chi connectivity index (χ4v) is 2.69. The first kappa shape index (κ1) is 14.1. The van der Waals surface area contributed by atoms with Crippen LogP contribution in [0, 0.1) is 12.7 Å². The molecule has 3 heteroatoms. The molecule has 1 N–H and O–H groups in total. The zero-order valence-corrected chi connectivity index (χ0v) is 12.7. The van der Waals surface area contributed by atoms with Gasteiger partial charge in [0.2, 0.25) is 0 Å². The Labute approximate surface area is 122 Å². The van der Waals surface area contributed by atoms with Gasteiger partial charge in [-0.1, -0.05) is 31.2 Å². The maximum Gasteiger partial charge on any atom is 0.128 e. The van der Waals surface area contributed by atoms with E-state index in [4.69, 9.17) is 0 Å². The number of benzene rings is 2. The highest BCUT2D eigenvalue weighted by molar-refractivity contribution is 9.10. The SMILES string of the molecule is CCC(Nc1ccc(C)cc1Br)c1ccccc1F. The molecule has 0 radical (unpaired) electrons. The van der Waals surface area contributed by atoms with E-state index in [1.165, 1.54) is 11.6 Å². The van der Waals surface area contributed by atoms with Gasteiger partial charge in [0, 0.05) is 15.7 Å². The third-order valence-corrected chi connectivity index (χ3v) is 3.80. The first-order valence-electron chi connectivity index (χ1n) is 6.39. The number of hydrogen-bond acceptors (Lipinski definition) is 1. The number of halogens is 2. The third-order valence-electron chi connectivity index (χ3n) is 3.14. The highest BCUT2D eigenvalue weighted by atomic mass is 79.9. The number of nitrogens with one attached hydrogen (secondary N) is 1. The summed E-state index contributed by atoms with van der Waals surface area (Å²) in [4.78, 5) is 0. The molecule has 0 amide bonds. The second-order valence-electron chi connectivity index (χ2n) is 4.61. The molecule has 0 spiro atoms. The summed E-state index contributed by atoms with van der Waals surface area (Å²) in [5, 5.41) is 3.39. The second kappa shape index (κ2) is 6.20. The van der Waals surface area contributed by atoms with Crippen LogP contribution in [0.15, 0.2) is 46.9 Å². The van der Waals surface area contributed by atoms with E-state index in [0.29, 0.717) is 5.56 Å². The molecular formula is C16H17BrFN. The molecule has 0 bridgehead atoms. The Bertz CT molecular complexity index is 568. The van der Waals surface area contributed by atoms with E-state index in [-0.39, 0.29) is 11.9 Å². The van der Waals surface area contributed by atoms with Gasteiger partial charge in [0.25, 0.3) is 0 Å². The van der Waals surface area contributed by atoms with Gasteiger partial charge in [-0.2, -0.15) is 0 Å². The van der Waals surface area contributed by atoms with Gasteiger partial charge < -0.3 is 5.32 Å². The molecule has 0 aliphatic rings. The topological polar surface area (TPSA) is 12.0 Å². The van der Waals surface area contributed by atoms with Gasteiger partial charge in [-0.05, 0) is 53.0 Å². The largest absolute Gasteiger partial charge is 0.377 e. The van der Waals surface area contributed by atoms with Gasteiger partial charge >= 0.3 is 0 Å². The number of rotatable bonds is 4. The molecule has 0 aromatic heterocycles. The minimum absolute atomic E-state index is 0.0276. The summed E-state index contributed by atoms with van der Waals surface area (Å²) in [5.41, 5.74) is 2.88. The highest BCUT2D eigenvalue weighted by Crippen LogP contribution is 2.29. The maximum absolute atomic E-state index is 13.8. The minimum atomic E-state index is -0.162. The fourth-order valence-electron chi connectivity index (χ4n) is 2.08. The molecule has 19 heavy (non-hydrogen) atoms. The van der Waals surface area contributed by atoms with Crippen LogP contribution in [0.1, 0.15) is 30.5 Å². The van der Waals surface area contributed by atoms with Crippen molar-refractivity contribution in [3.8, 4) is 0 Å². The Morgan fingerprint density at radius 3 is 2.58 bits per heavy atom. The van der Waals surface area contributed by atoms with Gasteiger partial charge in [-0.3, -0.25) is 0 Å². The summed E-state index contributed by atoms with van der Waals surface area (Å²) in [6.07, 6.45) is 0.821. The van der Waals surface area contributed by atoms with Crippen LogP contribution >= 0.6 is 15.9 Å². The zero-order chi connectivity index (χ0) is 13.8. The van der Waals surface area contributed by atoms with Crippen LogP contribution < -0.4 is 5.32 Å². The lowest BCUT2D eigenvalue weighted by Gasteiger charge is -2.20. The first-order chi connectivity index (χ1) is 9.11. The Balaban J connectivity index is 2.27. The van der Waals surface area contributed by atoms with Crippen molar-refractivity contribution >= 4 is 21.6 Å². The van der Waals surface area contributed by atoms with Gasteiger partial charge in [-0.25, -0.2) is 4.39 Å². The molecule has 0 saturated carbocycles. The van der Waals surface area contributed by atoms with Gasteiger partial charge in [0.1, 0.15) is 5.82 Å². The number of anilines is 1. The van der Waals surface area contributed by atoms with E-state index >= 15 is 0 Å². The van der Waals surface area contributed by atoms with Crippen LogP contribution in [0.3, 0.4) is 0 Å². The van der Waals surface area contributed by atoms with Crippen molar-refractivity contribution in [3.63, 3.8) is 0 Å². The van der Waals surface area contributed by atoms with Gasteiger partial charge in [-0.15, -0.1) is 0 Å². The summed E-state index contributed by atoms with van der Waals surface area (Å²) in [7, 11) is 0. The normalized spacial score (nSPS) is 12.2.